The molecule has 0 bridgehead atoms. The van der Waals surface area contributed by atoms with Crippen LogP contribution in [0.15, 0.2) is 67.0 Å². The van der Waals surface area contributed by atoms with Gasteiger partial charge in [0.2, 0.25) is 0 Å². The number of methoxy groups -OCH3 is 1. The maximum absolute atomic E-state index is 12.9. The molecule has 0 aliphatic carbocycles. The molecule has 3 heterocycles. The van der Waals surface area contributed by atoms with E-state index >= 15 is 0 Å². The fourth-order valence-electron chi connectivity index (χ4n) is 3.92. The molecule has 1 N–H and O–H groups in total. The number of carbonyl (C=O) groups is 1. The number of nitrogens with one attached hydrogen (secondary N) is 1. The molecule has 1 amide bonds. The number of hydrogen-bond donors (Lipinski definition) is 1. The number of benzene rings is 2. The summed E-state index contributed by atoms with van der Waals surface area (Å²) < 4.78 is 14.1. The molecule has 0 spiro atoms. The highest BCUT2D eigenvalue weighted by atomic mass is 35.5. The maximum atomic E-state index is 12.9. The normalized spacial score (nSPS) is 13.4. The summed E-state index contributed by atoms with van der Waals surface area (Å²) in [4.78, 5) is 19.9. The minimum absolute atomic E-state index is 0. The van der Waals surface area contributed by atoms with Crippen molar-refractivity contribution in [3.05, 3.63) is 78.1 Å². The lowest BCUT2D eigenvalue weighted by Gasteiger charge is -2.29. The summed E-state index contributed by atoms with van der Waals surface area (Å²) in [5.41, 5.74) is 3.57. The standard InChI is InChI=1S/C25H24N4O3S.ClH/c1-31-21-10-9-20(29-13-15-32-16-14-29)23-22(21)26-25(33-23)27-24(30)19-7-5-18(6-8-19)17-28-11-3-2-4-12-28;/h2-12H,13-17H2,1H3;1H. The second-order valence-corrected chi connectivity index (χ2v) is 8.78. The number of morpholine rings is 1. The SMILES string of the molecule is COc1ccc(N2CCOCC2)c2sc(NC(=O)c3ccc(C[n+]4ccccc4)cc3)nc12.[Cl-]. The van der Waals surface area contributed by atoms with Crippen molar-refractivity contribution in [2.75, 3.05) is 43.6 Å². The van der Waals surface area contributed by atoms with E-state index in [0.29, 0.717) is 29.7 Å². The molecule has 5 rings (SSSR count). The third kappa shape index (κ3) is 5.14. The van der Waals surface area contributed by atoms with Crippen LogP contribution in [0.2, 0.25) is 0 Å². The molecule has 0 unspecified atom stereocenters. The van der Waals surface area contributed by atoms with Crippen molar-refractivity contribution in [3.8, 4) is 5.75 Å². The average molecular weight is 497 g/mol. The number of ether oxygens (including phenoxy) is 2. The minimum Gasteiger partial charge on any atom is -1.00 e. The molecule has 1 saturated heterocycles. The first-order chi connectivity index (χ1) is 16.2. The van der Waals surface area contributed by atoms with Crippen molar-refractivity contribution in [2.45, 2.75) is 6.54 Å². The Morgan fingerprint density at radius 3 is 2.56 bits per heavy atom. The van der Waals surface area contributed by atoms with E-state index < -0.39 is 0 Å². The van der Waals surface area contributed by atoms with Gasteiger partial charge < -0.3 is 26.8 Å². The van der Waals surface area contributed by atoms with Crippen molar-refractivity contribution in [2.24, 2.45) is 0 Å². The van der Waals surface area contributed by atoms with Crippen molar-refractivity contribution < 1.29 is 31.2 Å². The first kappa shape index (κ1) is 23.9. The van der Waals surface area contributed by atoms with Gasteiger partial charge in [0.05, 0.1) is 30.7 Å². The monoisotopic (exact) mass is 496 g/mol. The number of carbonyl (C=O) groups excluding carboxylic acids is 1. The lowest BCUT2D eigenvalue weighted by molar-refractivity contribution is -0.688. The summed E-state index contributed by atoms with van der Waals surface area (Å²) in [6, 6.07) is 17.6. The van der Waals surface area contributed by atoms with Gasteiger partial charge in [-0.15, -0.1) is 0 Å². The summed E-state index contributed by atoms with van der Waals surface area (Å²) in [6.45, 7) is 3.82. The number of fused-ring (bicyclic) bond motifs is 1. The van der Waals surface area contributed by atoms with E-state index in [1.54, 1.807) is 7.11 Å². The van der Waals surface area contributed by atoms with Gasteiger partial charge >= 0.3 is 0 Å². The summed E-state index contributed by atoms with van der Waals surface area (Å²) in [7, 11) is 1.63. The van der Waals surface area contributed by atoms with Crippen molar-refractivity contribution in [1.82, 2.24) is 4.98 Å². The van der Waals surface area contributed by atoms with Gasteiger partial charge in [0, 0.05) is 36.3 Å². The number of rotatable bonds is 6. The van der Waals surface area contributed by atoms with Crippen LogP contribution in [0.1, 0.15) is 15.9 Å². The summed E-state index contributed by atoms with van der Waals surface area (Å²) >= 11 is 1.47. The predicted molar refractivity (Wildman–Crippen MR) is 129 cm³/mol. The Balaban J connectivity index is 0.00000274. The molecule has 2 aromatic carbocycles. The Hall–Kier alpha value is -3.20. The molecule has 1 aliphatic rings. The molecule has 0 radical (unpaired) electrons. The highest BCUT2D eigenvalue weighted by Crippen LogP contribution is 2.39. The quantitative estimate of drug-likeness (QED) is 0.399. The number of anilines is 2. The van der Waals surface area contributed by atoms with Gasteiger partial charge in [0.1, 0.15) is 11.3 Å². The van der Waals surface area contributed by atoms with E-state index in [2.05, 4.69) is 25.8 Å². The van der Waals surface area contributed by atoms with Crippen LogP contribution >= 0.6 is 11.3 Å². The van der Waals surface area contributed by atoms with Gasteiger partial charge in [-0.2, -0.15) is 0 Å². The molecule has 1 aliphatic heterocycles. The number of halogens is 1. The Labute approximate surface area is 208 Å². The lowest BCUT2D eigenvalue weighted by atomic mass is 10.1. The minimum atomic E-state index is -0.181. The molecule has 176 valence electrons. The summed E-state index contributed by atoms with van der Waals surface area (Å²) in [5.74, 6) is 0.515. The van der Waals surface area contributed by atoms with Crippen LogP contribution in [-0.4, -0.2) is 44.3 Å². The summed E-state index contributed by atoms with van der Waals surface area (Å²) in [5, 5.41) is 3.52. The maximum Gasteiger partial charge on any atom is 0.257 e. The first-order valence-corrected chi connectivity index (χ1v) is 11.7. The van der Waals surface area contributed by atoms with Gasteiger partial charge in [-0.05, 0) is 24.3 Å². The molecule has 9 heteroatoms. The van der Waals surface area contributed by atoms with Crippen molar-refractivity contribution in [1.29, 1.82) is 0 Å². The molecule has 0 atom stereocenters. The Kier molecular flexibility index (Phi) is 7.62. The Morgan fingerprint density at radius 2 is 1.85 bits per heavy atom. The molecule has 2 aromatic heterocycles. The van der Waals surface area contributed by atoms with Crippen molar-refractivity contribution >= 4 is 38.3 Å². The molecule has 34 heavy (non-hydrogen) atoms. The Bertz CT molecular complexity index is 1260. The number of hydrogen-bond acceptors (Lipinski definition) is 6. The molecule has 0 saturated carbocycles. The second kappa shape index (κ2) is 10.8. The third-order valence-corrected chi connectivity index (χ3v) is 6.63. The van der Waals surface area contributed by atoms with Crippen LogP contribution in [0, 0.1) is 0 Å². The number of aromatic nitrogens is 2. The van der Waals surface area contributed by atoms with Gasteiger partial charge in [-0.25, -0.2) is 9.55 Å². The van der Waals surface area contributed by atoms with Gasteiger partial charge in [-0.3, -0.25) is 10.1 Å². The van der Waals surface area contributed by atoms with Gasteiger partial charge in [0.25, 0.3) is 5.91 Å². The second-order valence-electron chi connectivity index (χ2n) is 7.78. The van der Waals surface area contributed by atoms with E-state index in [1.165, 1.54) is 11.3 Å². The van der Waals surface area contributed by atoms with E-state index in [9.17, 15) is 4.79 Å². The fraction of sp³-hybridized carbons (Fsp3) is 0.240. The average Bonchev–Trinajstić information content (AvgIpc) is 3.28. The molecule has 4 aromatic rings. The lowest BCUT2D eigenvalue weighted by Crippen LogP contribution is -3.00. The number of nitrogens with zero attached hydrogens (tertiary/aromatic N) is 3. The Morgan fingerprint density at radius 1 is 1.12 bits per heavy atom. The molecule has 7 nitrogen and oxygen atoms in total. The van der Waals surface area contributed by atoms with Gasteiger partial charge in [-0.1, -0.05) is 29.5 Å². The highest BCUT2D eigenvalue weighted by molar-refractivity contribution is 7.23. The van der Waals surface area contributed by atoms with Crippen LogP contribution in [0.4, 0.5) is 10.8 Å². The summed E-state index contributed by atoms with van der Waals surface area (Å²) in [6.07, 6.45) is 4.04. The number of amides is 1. The van der Waals surface area contributed by atoms with Crippen LogP contribution in [-0.2, 0) is 11.3 Å². The molecular formula is C25H25ClN4O3S. The zero-order chi connectivity index (χ0) is 22.6. The predicted octanol–water partition coefficient (Wildman–Crippen LogP) is 0.734. The van der Waals surface area contributed by atoms with E-state index in [0.717, 1.165) is 41.1 Å². The van der Waals surface area contributed by atoms with E-state index in [4.69, 9.17) is 9.47 Å². The third-order valence-electron chi connectivity index (χ3n) is 5.64. The van der Waals surface area contributed by atoms with Gasteiger partial charge in [0.15, 0.2) is 24.1 Å². The molecular weight excluding hydrogens is 472 g/mol. The van der Waals surface area contributed by atoms with E-state index in [-0.39, 0.29) is 18.3 Å². The fourth-order valence-corrected chi connectivity index (χ4v) is 4.94. The number of thiazole rings is 1. The van der Waals surface area contributed by atoms with Crippen molar-refractivity contribution in [3.63, 3.8) is 0 Å². The molecule has 1 fully saturated rings. The number of pyridine rings is 1. The first-order valence-electron chi connectivity index (χ1n) is 10.9. The largest absolute Gasteiger partial charge is 1.00 e. The zero-order valence-corrected chi connectivity index (χ0v) is 20.3. The topological polar surface area (TPSA) is 67.6 Å². The zero-order valence-electron chi connectivity index (χ0n) is 18.7. The highest BCUT2D eigenvalue weighted by Gasteiger charge is 2.20. The van der Waals surface area contributed by atoms with Crippen LogP contribution < -0.4 is 31.9 Å². The van der Waals surface area contributed by atoms with Crippen LogP contribution in [0.5, 0.6) is 5.75 Å². The van der Waals surface area contributed by atoms with Crippen LogP contribution in [0.25, 0.3) is 10.2 Å². The van der Waals surface area contributed by atoms with Crippen LogP contribution in [0.3, 0.4) is 0 Å². The van der Waals surface area contributed by atoms with E-state index in [1.807, 2.05) is 60.9 Å². The smallest absolute Gasteiger partial charge is 0.257 e.